The summed E-state index contributed by atoms with van der Waals surface area (Å²) in [6.07, 6.45) is 0. The molecule has 0 aliphatic carbocycles. The molecule has 0 radical (unpaired) electrons. The van der Waals surface area contributed by atoms with Crippen LogP contribution in [-0.4, -0.2) is 4.98 Å². The van der Waals surface area contributed by atoms with Crippen molar-refractivity contribution in [3.63, 3.8) is 0 Å². The summed E-state index contributed by atoms with van der Waals surface area (Å²) in [5, 5.41) is 5.82. The van der Waals surface area contributed by atoms with Crippen LogP contribution in [0.1, 0.15) is 0 Å². The highest BCUT2D eigenvalue weighted by Crippen LogP contribution is 2.28. The van der Waals surface area contributed by atoms with E-state index in [4.69, 9.17) is 34.8 Å². The molecule has 0 aliphatic rings. The van der Waals surface area contributed by atoms with Crippen LogP contribution in [0, 0.1) is 0 Å². The van der Waals surface area contributed by atoms with E-state index >= 15 is 0 Å². The number of benzene rings is 2. The van der Waals surface area contributed by atoms with E-state index in [1.54, 1.807) is 12.1 Å². The van der Waals surface area contributed by atoms with Gasteiger partial charge in [-0.05, 0) is 36.4 Å². The molecule has 0 bridgehead atoms. The van der Waals surface area contributed by atoms with E-state index in [1.165, 1.54) is 0 Å². The number of nitrogens with one attached hydrogen (secondary N) is 1. The molecule has 0 amide bonds. The maximum Gasteiger partial charge on any atom is 0.131 e. The Labute approximate surface area is 131 Å². The summed E-state index contributed by atoms with van der Waals surface area (Å²) in [7, 11) is 0. The van der Waals surface area contributed by atoms with E-state index in [-0.39, 0.29) is 0 Å². The third-order valence-corrected chi connectivity index (χ3v) is 3.91. The summed E-state index contributed by atoms with van der Waals surface area (Å²) in [6.45, 7) is 0. The van der Waals surface area contributed by atoms with Crippen LogP contribution >= 0.6 is 34.8 Å². The van der Waals surface area contributed by atoms with E-state index in [9.17, 15) is 0 Å². The molecular weight excluding hydrogens is 315 g/mol. The second-order valence-corrected chi connectivity index (χ2v) is 5.48. The van der Waals surface area contributed by atoms with Gasteiger partial charge in [-0.25, -0.2) is 4.98 Å². The lowest BCUT2D eigenvalue weighted by molar-refractivity contribution is 1.37. The molecule has 100 valence electrons. The van der Waals surface area contributed by atoms with E-state index in [0.29, 0.717) is 20.9 Å². The molecule has 3 rings (SSSR count). The monoisotopic (exact) mass is 322 g/mol. The molecule has 0 unspecified atom stereocenters. The van der Waals surface area contributed by atoms with Gasteiger partial charge in [-0.15, -0.1) is 0 Å². The molecule has 2 nitrogen and oxygen atoms in total. The highest BCUT2D eigenvalue weighted by molar-refractivity contribution is 6.42. The first-order valence-electron chi connectivity index (χ1n) is 5.91. The minimum absolute atomic E-state index is 0.496. The molecule has 0 aliphatic heterocycles. The van der Waals surface area contributed by atoms with Gasteiger partial charge in [0.05, 0.1) is 20.6 Å². The summed E-state index contributed by atoms with van der Waals surface area (Å²) in [5.74, 6) is 0.698. The lowest BCUT2D eigenvalue weighted by atomic mass is 10.2. The van der Waals surface area contributed by atoms with Crippen LogP contribution in [0.5, 0.6) is 0 Å². The zero-order chi connectivity index (χ0) is 14.1. The fourth-order valence-electron chi connectivity index (χ4n) is 1.90. The van der Waals surface area contributed by atoms with Crippen molar-refractivity contribution in [2.45, 2.75) is 0 Å². The lowest BCUT2D eigenvalue weighted by Crippen LogP contribution is -1.94. The van der Waals surface area contributed by atoms with Gasteiger partial charge in [0.15, 0.2) is 0 Å². The highest BCUT2D eigenvalue weighted by Gasteiger charge is 2.04. The Hall–Kier alpha value is -1.48. The van der Waals surface area contributed by atoms with Gasteiger partial charge in [0, 0.05) is 11.1 Å². The summed E-state index contributed by atoms with van der Waals surface area (Å²) in [6, 6.07) is 14.9. The summed E-state index contributed by atoms with van der Waals surface area (Å²) in [5.41, 5.74) is 1.58. The molecule has 0 saturated heterocycles. The summed E-state index contributed by atoms with van der Waals surface area (Å²) in [4.78, 5) is 4.50. The quantitative estimate of drug-likeness (QED) is 0.631. The first-order chi connectivity index (χ1) is 9.63. The summed E-state index contributed by atoms with van der Waals surface area (Å²) >= 11 is 18.0. The van der Waals surface area contributed by atoms with Crippen LogP contribution in [0.2, 0.25) is 15.1 Å². The fourth-order valence-corrected chi connectivity index (χ4v) is 2.42. The van der Waals surface area contributed by atoms with Crippen molar-refractivity contribution in [3.05, 3.63) is 63.6 Å². The molecule has 1 N–H and O–H groups in total. The molecule has 0 atom stereocenters. The Balaban J connectivity index is 1.98. The maximum atomic E-state index is 6.15. The van der Waals surface area contributed by atoms with Gasteiger partial charge >= 0.3 is 0 Å². The molecule has 1 heterocycles. The zero-order valence-electron chi connectivity index (χ0n) is 10.2. The lowest BCUT2D eigenvalue weighted by Gasteiger charge is -2.08. The number of rotatable bonds is 2. The van der Waals surface area contributed by atoms with Gasteiger partial charge in [0.1, 0.15) is 5.82 Å². The molecule has 20 heavy (non-hydrogen) atoms. The van der Waals surface area contributed by atoms with E-state index in [2.05, 4.69) is 10.3 Å². The van der Waals surface area contributed by atoms with Crippen molar-refractivity contribution in [1.82, 2.24) is 4.98 Å². The third-order valence-electron chi connectivity index (χ3n) is 2.86. The Bertz CT molecular complexity index is 787. The van der Waals surface area contributed by atoms with Crippen LogP contribution < -0.4 is 5.32 Å². The molecule has 0 fully saturated rings. The van der Waals surface area contributed by atoms with Crippen molar-refractivity contribution in [2.24, 2.45) is 0 Å². The summed E-state index contributed by atoms with van der Waals surface area (Å²) < 4.78 is 0. The molecule has 3 aromatic rings. The fraction of sp³-hybridized carbons (Fsp3) is 0. The van der Waals surface area contributed by atoms with Crippen molar-refractivity contribution in [2.75, 3.05) is 5.32 Å². The molecule has 5 heteroatoms. The SMILES string of the molecule is Clc1ccc(Nc2ccc3cccc(Cl)c3n2)cc1Cl. The van der Waals surface area contributed by atoms with Crippen molar-refractivity contribution in [1.29, 1.82) is 0 Å². The number of anilines is 2. The Morgan fingerprint density at radius 1 is 0.800 bits per heavy atom. The predicted molar refractivity (Wildman–Crippen MR) is 86.5 cm³/mol. The first kappa shape index (κ1) is 13.5. The Morgan fingerprint density at radius 2 is 1.65 bits per heavy atom. The largest absolute Gasteiger partial charge is 0.340 e. The normalized spacial score (nSPS) is 10.8. The number of fused-ring (bicyclic) bond motifs is 1. The molecule has 2 aromatic carbocycles. The van der Waals surface area contributed by atoms with Crippen LogP contribution in [-0.2, 0) is 0 Å². The van der Waals surface area contributed by atoms with Gasteiger partial charge < -0.3 is 5.32 Å². The van der Waals surface area contributed by atoms with Crippen molar-refractivity contribution in [3.8, 4) is 0 Å². The van der Waals surface area contributed by atoms with Gasteiger partial charge in [-0.2, -0.15) is 0 Å². The number of hydrogen-bond acceptors (Lipinski definition) is 2. The number of pyridine rings is 1. The smallest absolute Gasteiger partial charge is 0.131 e. The van der Waals surface area contributed by atoms with Crippen LogP contribution in [0.4, 0.5) is 11.5 Å². The third kappa shape index (κ3) is 2.68. The van der Waals surface area contributed by atoms with E-state index in [1.807, 2.05) is 36.4 Å². The predicted octanol–water partition coefficient (Wildman–Crippen LogP) is 5.94. The average Bonchev–Trinajstić information content (AvgIpc) is 2.44. The molecular formula is C15H9Cl3N2. The molecule has 0 spiro atoms. The van der Waals surface area contributed by atoms with E-state index < -0.39 is 0 Å². The number of nitrogens with zero attached hydrogens (tertiary/aromatic N) is 1. The standard InChI is InChI=1S/C15H9Cl3N2/c16-11-6-5-10(8-13(11)18)19-14-7-4-9-2-1-3-12(17)15(9)20-14/h1-8H,(H,19,20). The topological polar surface area (TPSA) is 24.9 Å². The highest BCUT2D eigenvalue weighted by atomic mass is 35.5. The zero-order valence-corrected chi connectivity index (χ0v) is 12.5. The van der Waals surface area contributed by atoms with Gasteiger partial charge in [0.25, 0.3) is 0 Å². The Kier molecular flexibility index (Phi) is 3.70. The average molecular weight is 324 g/mol. The minimum Gasteiger partial charge on any atom is -0.340 e. The number of halogens is 3. The first-order valence-corrected chi connectivity index (χ1v) is 7.04. The molecule has 1 aromatic heterocycles. The van der Waals surface area contributed by atoms with Gasteiger partial charge in [0.2, 0.25) is 0 Å². The van der Waals surface area contributed by atoms with E-state index in [0.717, 1.165) is 16.6 Å². The van der Waals surface area contributed by atoms with Crippen molar-refractivity contribution < 1.29 is 0 Å². The van der Waals surface area contributed by atoms with Gasteiger partial charge in [-0.1, -0.05) is 46.9 Å². The van der Waals surface area contributed by atoms with Crippen molar-refractivity contribution >= 4 is 57.2 Å². The van der Waals surface area contributed by atoms with Gasteiger partial charge in [-0.3, -0.25) is 0 Å². The Morgan fingerprint density at radius 3 is 2.45 bits per heavy atom. The maximum absolute atomic E-state index is 6.15. The molecule has 0 saturated carbocycles. The van der Waals surface area contributed by atoms with Crippen LogP contribution in [0.25, 0.3) is 10.9 Å². The number of hydrogen-bond donors (Lipinski definition) is 1. The number of aromatic nitrogens is 1. The second-order valence-electron chi connectivity index (χ2n) is 4.26. The second kappa shape index (κ2) is 5.49. The van der Waals surface area contributed by atoms with Crippen LogP contribution in [0.15, 0.2) is 48.5 Å². The number of para-hydroxylation sites is 1. The minimum atomic E-state index is 0.496. The van der Waals surface area contributed by atoms with Crippen LogP contribution in [0.3, 0.4) is 0 Å².